The first-order chi connectivity index (χ1) is 16.9. The molecule has 2 atom stereocenters. The van der Waals surface area contributed by atoms with Crippen molar-refractivity contribution in [2.24, 2.45) is 22.6 Å². The molecule has 1 aliphatic carbocycles. The van der Waals surface area contributed by atoms with Gasteiger partial charge in [-0.3, -0.25) is 9.79 Å². The number of allylic oxidation sites excluding steroid dienone is 1. The highest BCUT2D eigenvalue weighted by atomic mass is 16.5. The molecule has 0 unspecified atom stereocenters. The van der Waals surface area contributed by atoms with Gasteiger partial charge in [0, 0.05) is 50.1 Å². The van der Waals surface area contributed by atoms with Gasteiger partial charge in [0.15, 0.2) is 5.82 Å². The molecule has 11 heteroatoms. The number of piperidine rings is 1. The Hall–Kier alpha value is -3.76. The Morgan fingerprint density at radius 3 is 2.94 bits per heavy atom. The van der Waals surface area contributed by atoms with E-state index in [2.05, 4.69) is 44.3 Å². The summed E-state index contributed by atoms with van der Waals surface area (Å²) in [7, 11) is 1.70. The van der Waals surface area contributed by atoms with Gasteiger partial charge in [0.25, 0.3) is 11.7 Å². The Kier molecular flexibility index (Phi) is 6.00. The third-order valence-corrected chi connectivity index (χ3v) is 7.17. The summed E-state index contributed by atoms with van der Waals surface area (Å²) >= 11 is 0. The second-order valence-corrected chi connectivity index (χ2v) is 9.79. The predicted octanol–water partition coefficient (Wildman–Crippen LogP) is 2.06. The number of anilines is 1. The summed E-state index contributed by atoms with van der Waals surface area (Å²) in [4.78, 5) is 28.2. The fourth-order valence-electron chi connectivity index (χ4n) is 4.57. The normalized spacial score (nSPS) is 22.1. The summed E-state index contributed by atoms with van der Waals surface area (Å²) in [5.41, 5.74) is 8.15. The van der Waals surface area contributed by atoms with Gasteiger partial charge in [0.1, 0.15) is 5.52 Å². The first kappa shape index (κ1) is 23.0. The monoisotopic (exact) mass is 477 g/mol. The highest BCUT2D eigenvalue weighted by Crippen LogP contribution is 2.46. The lowest BCUT2D eigenvalue weighted by atomic mass is 9.86. The summed E-state index contributed by atoms with van der Waals surface area (Å²) < 4.78 is 7.13. The summed E-state index contributed by atoms with van der Waals surface area (Å²) in [5.74, 6) is 1.92. The number of rotatable bonds is 7. The van der Waals surface area contributed by atoms with E-state index in [9.17, 15) is 4.79 Å². The van der Waals surface area contributed by atoms with Crippen LogP contribution >= 0.6 is 0 Å². The van der Waals surface area contributed by atoms with Crippen LogP contribution < -0.4 is 16.0 Å². The number of hydrogen-bond donors (Lipinski definition) is 2. The Morgan fingerprint density at radius 1 is 1.40 bits per heavy atom. The molecule has 1 aliphatic heterocycles. The number of carbonyl (C=O) groups is 1. The fraction of sp³-hybridized carbons (Fsp3) is 0.500. The van der Waals surface area contributed by atoms with Gasteiger partial charge < -0.3 is 20.5 Å². The minimum atomic E-state index is -0.284. The van der Waals surface area contributed by atoms with Crippen molar-refractivity contribution in [2.75, 3.05) is 31.6 Å². The third-order valence-electron chi connectivity index (χ3n) is 7.17. The SMILES string of the molecule is CN=CC(=CN)c1cn2nccc2c(N2CC[C@@H](CNC(=O)c3noc(C4(C)CC4)n3)[C@H](C)C2)n1. The van der Waals surface area contributed by atoms with Crippen LogP contribution in [0.15, 0.2) is 34.2 Å². The standard InChI is InChI=1S/C24H31N9O2/c1-15-13-32(21-19-4-8-28-33(19)14-18(29-21)17(10-25)11-26-3)9-5-16(15)12-27-22(34)20-30-23(35-31-20)24(2)6-7-24/h4,8,10-11,14-16H,5-7,9,12-13,25H2,1-3H3,(H,27,34)/t15-,16+/m1/s1. The fourth-order valence-corrected chi connectivity index (χ4v) is 4.57. The number of nitrogens with zero attached hydrogens (tertiary/aromatic N) is 7. The van der Waals surface area contributed by atoms with Gasteiger partial charge >= 0.3 is 0 Å². The van der Waals surface area contributed by atoms with E-state index in [0.29, 0.717) is 30.0 Å². The lowest BCUT2D eigenvalue weighted by Crippen LogP contribution is -2.44. The Bertz CT molecular complexity index is 1290. The quantitative estimate of drug-likeness (QED) is 0.493. The largest absolute Gasteiger partial charge is 0.404 e. The highest BCUT2D eigenvalue weighted by Gasteiger charge is 2.45. The van der Waals surface area contributed by atoms with E-state index in [1.165, 1.54) is 6.20 Å². The summed E-state index contributed by atoms with van der Waals surface area (Å²) in [6, 6.07) is 1.96. The van der Waals surface area contributed by atoms with Gasteiger partial charge in [-0.05, 0) is 37.2 Å². The van der Waals surface area contributed by atoms with E-state index in [1.807, 2.05) is 16.8 Å². The molecule has 0 spiro atoms. The van der Waals surface area contributed by atoms with E-state index >= 15 is 0 Å². The third kappa shape index (κ3) is 4.50. The number of aromatic nitrogens is 5. The van der Waals surface area contributed by atoms with Gasteiger partial charge in [0.05, 0.1) is 18.1 Å². The lowest BCUT2D eigenvalue weighted by molar-refractivity contribution is 0.0926. The van der Waals surface area contributed by atoms with Crippen molar-refractivity contribution in [1.29, 1.82) is 0 Å². The zero-order valence-corrected chi connectivity index (χ0v) is 20.3. The molecule has 1 saturated carbocycles. The first-order valence-corrected chi connectivity index (χ1v) is 12.0. The number of amides is 1. The summed E-state index contributed by atoms with van der Waals surface area (Å²) in [6.45, 7) is 6.47. The van der Waals surface area contributed by atoms with Crippen molar-refractivity contribution in [3.8, 4) is 0 Å². The number of carbonyl (C=O) groups excluding carboxylic acids is 1. The number of fused-ring (bicyclic) bond motifs is 1. The molecule has 0 bridgehead atoms. The van der Waals surface area contributed by atoms with Crippen molar-refractivity contribution in [2.45, 2.75) is 38.5 Å². The van der Waals surface area contributed by atoms with Gasteiger partial charge in [-0.2, -0.15) is 10.1 Å². The topological polar surface area (TPSA) is 140 Å². The molecule has 3 N–H and O–H groups in total. The maximum absolute atomic E-state index is 12.6. The second-order valence-electron chi connectivity index (χ2n) is 9.79. The van der Waals surface area contributed by atoms with Crippen LogP contribution in [0.1, 0.15) is 55.3 Å². The van der Waals surface area contributed by atoms with Crippen molar-refractivity contribution >= 4 is 29.0 Å². The highest BCUT2D eigenvalue weighted by molar-refractivity contribution is 6.08. The van der Waals surface area contributed by atoms with E-state index in [1.54, 1.807) is 19.5 Å². The van der Waals surface area contributed by atoms with Crippen molar-refractivity contribution in [1.82, 2.24) is 30.1 Å². The predicted molar refractivity (Wildman–Crippen MR) is 132 cm³/mol. The van der Waals surface area contributed by atoms with Crippen molar-refractivity contribution in [3.63, 3.8) is 0 Å². The molecule has 4 heterocycles. The summed E-state index contributed by atoms with van der Waals surface area (Å²) in [6.07, 6.45) is 9.78. The Morgan fingerprint density at radius 2 is 2.23 bits per heavy atom. The smallest absolute Gasteiger partial charge is 0.292 e. The Labute approximate surface area is 203 Å². The average molecular weight is 478 g/mol. The number of aliphatic imine (C=N–C) groups is 1. The molecular formula is C24H31N9O2. The Balaban J connectivity index is 1.25. The molecular weight excluding hydrogens is 446 g/mol. The maximum Gasteiger partial charge on any atom is 0.292 e. The molecule has 11 nitrogen and oxygen atoms in total. The maximum atomic E-state index is 12.6. The zero-order valence-electron chi connectivity index (χ0n) is 20.3. The molecule has 3 aromatic heterocycles. The molecule has 1 amide bonds. The molecule has 184 valence electrons. The van der Waals surface area contributed by atoms with Gasteiger partial charge in [0.2, 0.25) is 5.89 Å². The molecule has 3 aromatic rings. The van der Waals surface area contributed by atoms with Gasteiger partial charge in [-0.1, -0.05) is 19.0 Å². The van der Waals surface area contributed by atoms with Crippen LogP contribution in [0.25, 0.3) is 11.1 Å². The van der Waals surface area contributed by atoms with Crippen LogP contribution in [-0.2, 0) is 5.41 Å². The van der Waals surface area contributed by atoms with Crippen LogP contribution in [-0.4, -0.2) is 63.5 Å². The van der Waals surface area contributed by atoms with Crippen LogP contribution in [0, 0.1) is 11.8 Å². The minimum Gasteiger partial charge on any atom is -0.404 e. The first-order valence-electron chi connectivity index (χ1n) is 12.0. The van der Waals surface area contributed by atoms with E-state index in [4.69, 9.17) is 15.2 Å². The summed E-state index contributed by atoms with van der Waals surface area (Å²) in [5, 5.41) is 11.3. The molecule has 0 radical (unpaired) electrons. The van der Waals surface area contributed by atoms with E-state index in [-0.39, 0.29) is 17.1 Å². The lowest BCUT2D eigenvalue weighted by Gasteiger charge is -2.38. The molecule has 35 heavy (non-hydrogen) atoms. The minimum absolute atomic E-state index is 0.0524. The van der Waals surface area contributed by atoms with Crippen LogP contribution in [0.4, 0.5) is 5.82 Å². The zero-order chi connectivity index (χ0) is 24.6. The van der Waals surface area contributed by atoms with Gasteiger partial charge in [-0.15, -0.1) is 0 Å². The molecule has 5 rings (SSSR count). The van der Waals surface area contributed by atoms with E-state index < -0.39 is 0 Å². The van der Waals surface area contributed by atoms with Crippen LogP contribution in [0.5, 0.6) is 0 Å². The molecule has 0 aromatic carbocycles. The second kappa shape index (κ2) is 9.12. The van der Waals surface area contributed by atoms with Crippen LogP contribution in [0.3, 0.4) is 0 Å². The van der Waals surface area contributed by atoms with Gasteiger partial charge in [-0.25, -0.2) is 9.50 Å². The number of hydrogen-bond acceptors (Lipinski definition) is 9. The average Bonchev–Trinajstić information content (AvgIpc) is 3.26. The molecule has 1 saturated heterocycles. The molecule has 2 fully saturated rings. The van der Waals surface area contributed by atoms with E-state index in [0.717, 1.165) is 49.3 Å². The van der Waals surface area contributed by atoms with Crippen molar-refractivity contribution < 1.29 is 9.32 Å². The van der Waals surface area contributed by atoms with Crippen LogP contribution in [0.2, 0.25) is 0 Å². The van der Waals surface area contributed by atoms with Crippen molar-refractivity contribution in [3.05, 3.63) is 42.1 Å². The number of nitrogens with two attached hydrogens (primary N) is 1. The number of nitrogens with one attached hydrogen (secondary N) is 1. The molecule has 2 aliphatic rings.